The highest BCUT2D eigenvalue weighted by atomic mass is 32.2. The molecule has 0 saturated carbocycles. The van der Waals surface area contributed by atoms with Crippen LogP contribution in [0.2, 0.25) is 0 Å². The van der Waals surface area contributed by atoms with Crippen LogP contribution in [0.4, 0.5) is 8.78 Å². The second-order valence-electron chi connectivity index (χ2n) is 9.05. The van der Waals surface area contributed by atoms with Crippen molar-refractivity contribution in [2.24, 2.45) is 0 Å². The van der Waals surface area contributed by atoms with Gasteiger partial charge in [0.05, 0.1) is 24.1 Å². The van der Waals surface area contributed by atoms with Gasteiger partial charge in [0.25, 0.3) is 0 Å². The van der Waals surface area contributed by atoms with E-state index in [2.05, 4.69) is 9.80 Å². The molecule has 0 N–H and O–H groups in total. The van der Waals surface area contributed by atoms with Crippen molar-refractivity contribution in [1.29, 1.82) is 0 Å². The molecule has 2 saturated heterocycles. The monoisotopic (exact) mass is 491 g/mol. The second-order valence-corrected chi connectivity index (χ2v) is 11.3. The van der Waals surface area contributed by atoms with Gasteiger partial charge in [-0.3, -0.25) is 14.6 Å². The largest absolute Gasteiger partial charge is 0.338 e. The van der Waals surface area contributed by atoms with E-state index in [0.29, 0.717) is 39.1 Å². The minimum Gasteiger partial charge on any atom is -0.338 e. The molecule has 6 nitrogen and oxygen atoms in total. The van der Waals surface area contributed by atoms with Crippen LogP contribution in [0, 0.1) is 11.6 Å². The molecule has 0 bridgehead atoms. The van der Waals surface area contributed by atoms with Gasteiger partial charge in [-0.25, -0.2) is 17.2 Å². The van der Waals surface area contributed by atoms with Crippen LogP contribution < -0.4 is 0 Å². The maximum absolute atomic E-state index is 13.5. The van der Waals surface area contributed by atoms with Crippen molar-refractivity contribution in [2.75, 3.05) is 50.8 Å². The maximum atomic E-state index is 13.5. The van der Waals surface area contributed by atoms with Gasteiger partial charge in [0.2, 0.25) is 5.91 Å². The molecule has 1 amide bonds. The van der Waals surface area contributed by atoms with Gasteiger partial charge >= 0.3 is 0 Å². The minimum atomic E-state index is -3.05. The molecule has 0 aliphatic carbocycles. The van der Waals surface area contributed by atoms with E-state index in [1.54, 1.807) is 29.2 Å². The molecular weight excluding hydrogens is 460 g/mol. The number of sulfone groups is 1. The molecule has 184 valence electrons. The summed E-state index contributed by atoms with van der Waals surface area (Å²) in [7, 11) is -3.05. The summed E-state index contributed by atoms with van der Waals surface area (Å²) in [4.78, 5) is 19.0. The van der Waals surface area contributed by atoms with Gasteiger partial charge in [0.1, 0.15) is 11.6 Å². The van der Waals surface area contributed by atoms with E-state index >= 15 is 0 Å². The second kappa shape index (κ2) is 10.5. The number of hydrogen-bond donors (Lipinski definition) is 0. The number of amides is 1. The van der Waals surface area contributed by atoms with Crippen molar-refractivity contribution in [3.8, 4) is 0 Å². The lowest BCUT2D eigenvalue weighted by Crippen LogP contribution is -2.52. The zero-order chi connectivity index (χ0) is 24.3. The van der Waals surface area contributed by atoms with E-state index in [-0.39, 0.29) is 47.7 Å². The quantitative estimate of drug-likeness (QED) is 0.596. The number of carbonyl (C=O) groups is 1. The number of piperazine rings is 1. The van der Waals surface area contributed by atoms with Gasteiger partial charge in [-0.1, -0.05) is 24.3 Å². The molecule has 9 heteroatoms. The molecule has 1 unspecified atom stereocenters. The molecule has 2 aromatic carbocycles. The fourth-order valence-electron chi connectivity index (χ4n) is 5.03. The number of hydrogen-bond acceptors (Lipinski definition) is 5. The van der Waals surface area contributed by atoms with Crippen LogP contribution in [0.3, 0.4) is 0 Å². The third kappa shape index (κ3) is 5.82. The van der Waals surface area contributed by atoms with Crippen molar-refractivity contribution in [3.05, 3.63) is 71.3 Å². The number of rotatable bonds is 7. The number of benzene rings is 2. The average Bonchev–Trinajstić information content (AvgIpc) is 3.17. The minimum absolute atomic E-state index is 0.0355. The topological polar surface area (TPSA) is 60.9 Å². The number of carbonyl (C=O) groups excluding carboxylic acids is 1. The molecule has 4 rings (SSSR count). The molecule has 0 radical (unpaired) electrons. The van der Waals surface area contributed by atoms with Crippen LogP contribution in [0.1, 0.15) is 30.5 Å². The summed E-state index contributed by atoms with van der Waals surface area (Å²) in [5.41, 5.74) is 1.86. The number of likely N-dealkylation sites (N-methyl/N-ethyl adjacent to an activating group) is 1. The fraction of sp³-hybridized carbons (Fsp3) is 0.480. The van der Waals surface area contributed by atoms with E-state index in [0.717, 1.165) is 11.1 Å². The summed E-state index contributed by atoms with van der Waals surface area (Å²) in [5.74, 6) is -0.446. The van der Waals surface area contributed by atoms with Crippen molar-refractivity contribution >= 4 is 15.7 Å². The molecule has 0 aromatic heterocycles. The lowest BCUT2D eigenvalue weighted by molar-refractivity contribution is -0.134. The first kappa shape index (κ1) is 24.8. The first-order valence-corrected chi connectivity index (χ1v) is 13.5. The first-order chi connectivity index (χ1) is 16.3. The van der Waals surface area contributed by atoms with Gasteiger partial charge in [-0.2, -0.15) is 0 Å². The number of nitrogens with zero attached hydrogens (tertiary/aromatic N) is 3. The van der Waals surface area contributed by atoms with Crippen molar-refractivity contribution in [3.63, 3.8) is 0 Å². The highest BCUT2D eigenvalue weighted by molar-refractivity contribution is 7.91. The predicted molar refractivity (Wildman–Crippen MR) is 127 cm³/mol. The van der Waals surface area contributed by atoms with Crippen LogP contribution in [-0.4, -0.2) is 85.8 Å². The molecule has 2 aliphatic rings. The summed E-state index contributed by atoms with van der Waals surface area (Å²) in [6.07, 6.45) is 0.507. The van der Waals surface area contributed by atoms with Crippen LogP contribution >= 0.6 is 0 Å². The van der Waals surface area contributed by atoms with Crippen molar-refractivity contribution in [2.45, 2.75) is 25.4 Å². The number of halogens is 2. The molecule has 2 fully saturated rings. The van der Waals surface area contributed by atoms with Gasteiger partial charge in [0, 0.05) is 38.8 Å². The predicted octanol–water partition coefficient (Wildman–Crippen LogP) is 2.71. The van der Waals surface area contributed by atoms with E-state index in [1.165, 1.54) is 24.3 Å². The lowest BCUT2D eigenvalue weighted by atomic mass is 9.96. The zero-order valence-electron chi connectivity index (χ0n) is 19.4. The van der Waals surface area contributed by atoms with Gasteiger partial charge in [-0.05, 0) is 48.7 Å². The van der Waals surface area contributed by atoms with Crippen LogP contribution in [0.5, 0.6) is 0 Å². The summed E-state index contributed by atoms with van der Waals surface area (Å²) in [5, 5.41) is 0. The van der Waals surface area contributed by atoms with Gasteiger partial charge in [-0.15, -0.1) is 0 Å². The van der Waals surface area contributed by atoms with Crippen molar-refractivity contribution in [1.82, 2.24) is 14.7 Å². The summed E-state index contributed by atoms with van der Waals surface area (Å²) >= 11 is 0. The normalized spacial score (nSPS) is 21.1. The molecular formula is C25H31F2N3O3S. The smallest absolute Gasteiger partial charge is 0.237 e. The van der Waals surface area contributed by atoms with E-state index < -0.39 is 9.84 Å². The summed E-state index contributed by atoms with van der Waals surface area (Å²) in [6.45, 7) is 5.37. The third-order valence-corrected chi connectivity index (χ3v) is 8.56. The molecule has 34 heavy (non-hydrogen) atoms. The lowest BCUT2D eigenvalue weighted by Gasteiger charge is -2.40. The summed E-state index contributed by atoms with van der Waals surface area (Å²) < 4.78 is 50.8. The zero-order valence-corrected chi connectivity index (χ0v) is 20.2. The molecule has 1 atom stereocenters. The Balaban J connectivity index is 1.41. The van der Waals surface area contributed by atoms with Gasteiger partial charge < -0.3 is 4.90 Å². The standard InChI is InChI=1S/C25H31F2N3O3S/c1-2-30(23-11-16-34(32,33)18-23)24(31)17-28-12-14-29(15-13-28)25(19-3-7-21(26)8-4-19)20-5-9-22(27)10-6-20/h3-10,23,25H,2,11-18H2,1H3. The average molecular weight is 492 g/mol. The Morgan fingerprint density at radius 3 is 1.94 bits per heavy atom. The first-order valence-electron chi connectivity index (χ1n) is 11.7. The Labute approximate surface area is 200 Å². The fourth-order valence-corrected chi connectivity index (χ4v) is 6.76. The van der Waals surface area contributed by atoms with E-state index in [9.17, 15) is 22.0 Å². The Hall–Kier alpha value is -2.36. The van der Waals surface area contributed by atoms with E-state index in [1.807, 2.05) is 6.92 Å². The Morgan fingerprint density at radius 2 is 1.50 bits per heavy atom. The molecule has 2 aromatic rings. The van der Waals surface area contributed by atoms with E-state index in [4.69, 9.17) is 0 Å². The molecule has 0 spiro atoms. The van der Waals surface area contributed by atoms with Crippen molar-refractivity contribution < 1.29 is 22.0 Å². The van der Waals surface area contributed by atoms with Crippen LogP contribution in [-0.2, 0) is 14.6 Å². The SMILES string of the molecule is CCN(C(=O)CN1CCN(C(c2ccc(F)cc2)c2ccc(F)cc2)CC1)C1CCS(=O)(=O)C1. The highest BCUT2D eigenvalue weighted by Gasteiger charge is 2.35. The highest BCUT2D eigenvalue weighted by Crippen LogP contribution is 2.30. The van der Waals surface area contributed by atoms with Crippen LogP contribution in [0.15, 0.2) is 48.5 Å². The molecule has 2 heterocycles. The third-order valence-electron chi connectivity index (χ3n) is 6.81. The molecule has 2 aliphatic heterocycles. The summed E-state index contributed by atoms with van der Waals surface area (Å²) in [6, 6.07) is 12.4. The maximum Gasteiger partial charge on any atom is 0.237 e. The Morgan fingerprint density at radius 1 is 0.971 bits per heavy atom. The Kier molecular flexibility index (Phi) is 7.64. The van der Waals surface area contributed by atoms with Gasteiger partial charge in [0.15, 0.2) is 9.84 Å². The van der Waals surface area contributed by atoms with Crippen LogP contribution in [0.25, 0.3) is 0 Å². The Bertz CT molecular complexity index is 1040.